The Morgan fingerprint density at radius 1 is 1.20 bits per heavy atom. The average molecular weight is 348 g/mol. The Bertz CT molecular complexity index is 504. The summed E-state index contributed by atoms with van der Waals surface area (Å²) in [4.78, 5) is 22.4. The van der Waals surface area contributed by atoms with E-state index in [1.807, 2.05) is 18.2 Å². The van der Waals surface area contributed by atoms with Crippen molar-refractivity contribution in [3.63, 3.8) is 0 Å². The molecule has 4 heteroatoms. The van der Waals surface area contributed by atoms with Gasteiger partial charge in [-0.15, -0.1) is 0 Å². The van der Waals surface area contributed by atoms with E-state index in [-0.39, 0.29) is 24.0 Å². The summed E-state index contributed by atoms with van der Waals surface area (Å²) < 4.78 is 0. The van der Waals surface area contributed by atoms with E-state index in [0.29, 0.717) is 25.7 Å². The second-order valence-electron chi connectivity index (χ2n) is 6.89. The highest BCUT2D eigenvalue weighted by molar-refractivity contribution is 5.89. The maximum Gasteiger partial charge on any atom is 0.303 e. The van der Waals surface area contributed by atoms with E-state index in [2.05, 4.69) is 13.5 Å². The van der Waals surface area contributed by atoms with Gasteiger partial charge < -0.3 is 10.2 Å². The van der Waals surface area contributed by atoms with Crippen molar-refractivity contribution in [2.45, 2.75) is 70.8 Å². The lowest BCUT2D eigenvalue weighted by atomic mass is 9.89. The van der Waals surface area contributed by atoms with Gasteiger partial charge in [-0.1, -0.05) is 50.1 Å². The van der Waals surface area contributed by atoms with Crippen molar-refractivity contribution in [3.05, 3.63) is 36.5 Å². The fraction of sp³-hybridized carbons (Fsp3) is 0.619. The fourth-order valence-corrected chi connectivity index (χ4v) is 3.27. The van der Waals surface area contributed by atoms with Crippen LogP contribution in [0.25, 0.3) is 0 Å². The highest BCUT2D eigenvalue weighted by atomic mass is 16.4. The van der Waals surface area contributed by atoms with Crippen LogP contribution in [0, 0.1) is 11.8 Å². The van der Waals surface area contributed by atoms with Crippen LogP contribution in [0.3, 0.4) is 0 Å². The van der Waals surface area contributed by atoms with Crippen LogP contribution in [-0.4, -0.2) is 28.1 Å². The molecule has 0 radical (unpaired) electrons. The van der Waals surface area contributed by atoms with Crippen molar-refractivity contribution in [2.24, 2.45) is 11.8 Å². The zero-order valence-corrected chi connectivity index (χ0v) is 15.3. The van der Waals surface area contributed by atoms with Crippen LogP contribution in [0.15, 0.2) is 36.5 Å². The zero-order valence-electron chi connectivity index (χ0n) is 15.3. The third-order valence-corrected chi connectivity index (χ3v) is 4.75. The lowest BCUT2D eigenvalue weighted by Crippen LogP contribution is -2.17. The molecule has 4 nitrogen and oxygen atoms in total. The molecule has 1 rings (SSSR count). The summed E-state index contributed by atoms with van der Waals surface area (Å²) in [6.07, 6.45) is 13.6. The molecule has 0 aromatic rings. The summed E-state index contributed by atoms with van der Waals surface area (Å²) in [5, 5.41) is 18.9. The van der Waals surface area contributed by atoms with E-state index in [1.54, 1.807) is 6.08 Å². The molecule has 3 atom stereocenters. The Hall–Kier alpha value is -1.68. The quantitative estimate of drug-likeness (QED) is 0.310. The van der Waals surface area contributed by atoms with Crippen LogP contribution in [0.4, 0.5) is 0 Å². The largest absolute Gasteiger partial charge is 0.481 e. The van der Waals surface area contributed by atoms with Gasteiger partial charge in [-0.3, -0.25) is 9.59 Å². The highest BCUT2D eigenvalue weighted by Gasteiger charge is 2.35. The number of carbonyl (C=O) groups excluding carboxylic acids is 1. The number of hydrogen-bond acceptors (Lipinski definition) is 3. The van der Waals surface area contributed by atoms with Gasteiger partial charge in [0.05, 0.1) is 6.10 Å². The molecule has 0 amide bonds. The van der Waals surface area contributed by atoms with E-state index in [0.717, 1.165) is 31.3 Å². The van der Waals surface area contributed by atoms with Crippen molar-refractivity contribution in [1.29, 1.82) is 0 Å². The molecule has 0 bridgehead atoms. The van der Waals surface area contributed by atoms with Crippen LogP contribution in [0.1, 0.15) is 64.7 Å². The van der Waals surface area contributed by atoms with Crippen LogP contribution < -0.4 is 0 Å². The molecule has 1 fully saturated rings. The van der Waals surface area contributed by atoms with Crippen molar-refractivity contribution in [1.82, 2.24) is 0 Å². The monoisotopic (exact) mass is 348 g/mol. The molecule has 25 heavy (non-hydrogen) atoms. The molecule has 0 saturated heterocycles. The molecular formula is C21H32O4. The zero-order chi connectivity index (χ0) is 18.7. The first-order valence-corrected chi connectivity index (χ1v) is 9.39. The Balaban J connectivity index is 2.49. The molecule has 1 saturated carbocycles. The van der Waals surface area contributed by atoms with Gasteiger partial charge in [0, 0.05) is 18.8 Å². The first-order chi connectivity index (χ1) is 12.0. The number of unbranched alkanes of at least 4 members (excludes halogenated alkanes) is 3. The first-order valence-electron chi connectivity index (χ1n) is 9.39. The number of aliphatic carboxylic acids is 1. The smallest absolute Gasteiger partial charge is 0.303 e. The van der Waals surface area contributed by atoms with Gasteiger partial charge in [0.2, 0.25) is 0 Å². The van der Waals surface area contributed by atoms with Crippen LogP contribution in [0.5, 0.6) is 0 Å². The number of carboxylic acids is 1. The maximum absolute atomic E-state index is 11.9. The number of rotatable bonds is 12. The minimum Gasteiger partial charge on any atom is -0.481 e. The summed E-state index contributed by atoms with van der Waals surface area (Å²) in [6.45, 7) is 6.17. The van der Waals surface area contributed by atoms with Crippen LogP contribution in [0.2, 0.25) is 0 Å². The average Bonchev–Trinajstić information content (AvgIpc) is 2.82. The molecule has 2 N–H and O–H groups in total. The first kappa shape index (κ1) is 21.4. The Morgan fingerprint density at radius 2 is 1.96 bits per heavy atom. The van der Waals surface area contributed by atoms with Crippen molar-refractivity contribution < 1.29 is 19.8 Å². The molecule has 0 heterocycles. The number of allylic oxidation sites excluding steroid dienone is 4. The molecule has 0 aliphatic heterocycles. The highest BCUT2D eigenvalue weighted by Crippen LogP contribution is 2.39. The third kappa shape index (κ3) is 8.30. The van der Waals surface area contributed by atoms with Gasteiger partial charge in [-0.05, 0) is 44.1 Å². The minimum atomic E-state index is -0.773. The molecule has 0 aromatic heterocycles. The lowest BCUT2D eigenvalue weighted by Gasteiger charge is -2.18. The van der Waals surface area contributed by atoms with Gasteiger partial charge in [0.25, 0.3) is 0 Å². The number of ketones is 1. The van der Waals surface area contributed by atoms with E-state index in [9.17, 15) is 14.7 Å². The van der Waals surface area contributed by atoms with Crippen LogP contribution >= 0.6 is 0 Å². The second-order valence-corrected chi connectivity index (χ2v) is 6.89. The molecular weight excluding hydrogens is 316 g/mol. The van der Waals surface area contributed by atoms with Gasteiger partial charge in [0.15, 0.2) is 5.78 Å². The molecule has 0 aromatic carbocycles. The number of carbonyl (C=O) groups is 2. The third-order valence-electron chi connectivity index (χ3n) is 4.75. The molecule has 0 spiro atoms. The summed E-state index contributed by atoms with van der Waals surface area (Å²) in [5.41, 5.74) is 0.981. The standard InChI is InChI=1S/C21H32O4/c1-3-4-7-10-17(22)13-14-18-16(2)15-20(23)19(18)11-8-5-6-9-12-21(24)25/h5,8,13-14,18-20,23H,2-4,6-7,9-12,15H2,1H3,(H,24,25)/b8-5-,14-13+/t18-,19?,20?/m0/s1. The van der Waals surface area contributed by atoms with E-state index in [1.165, 1.54) is 0 Å². The number of aliphatic hydroxyl groups is 1. The van der Waals surface area contributed by atoms with Crippen LogP contribution in [-0.2, 0) is 9.59 Å². The lowest BCUT2D eigenvalue weighted by molar-refractivity contribution is -0.137. The minimum absolute atomic E-state index is 0.0359. The topological polar surface area (TPSA) is 74.6 Å². The second kappa shape index (κ2) is 11.8. The normalized spacial score (nSPS) is 23.8. The summed E-state index contributed by atoms with van der Waals surface area (Å²) in [6, 6.07) is 0. The van der Waals surface area contributed by atoms with Crippen molar-refractivity contribution in [3.8, 4) is 0 Å². The summed E-state index contributed by atoms with van der Waals surface area (Å²) >= 11 is 0. The van der Waals surface area contributed by atoms with E-state index >= 15 is 0 Å². The van der Waals surface area contributed by atoms with E-state index < -0.39 is 12.1 Å². The predicted molar refractivity (Wildman–Crippen MR) is 100 cm³/mol. The van der Waals surface area contributed by atoms with Gasteiger partial charge in [0.1, 0.15) is 0 Å². The number of hydrogen-bond donors (Lipinski definition) is 2. The maximum atomic E-state index is 11.9. The molecule has 1 aliphatic carbocycles. The SMILES string of the molecule is C=C1CC(O)C(C/C=C\CCCC(=O)O)[C@H]1/C=C/C(=O)CCCCC. The van der Waals surface area contributed by atoms with Gasteiger partial charge in [-0.2, -0.15) is 0 Å². The number of aliphatic hydroxyl groups excluding tert-OH is 1. The molecule has 1 aliphatic rings. The predicted octanol–water partition coefficient (Wildman–Crippen LogP) is 4.45. The summed E-state index contributed by atoms with van der Waals surface area (Å²) in [7, 11) is 0. The molecule has 2 unspecified atom stereocenters. The fourth-order valence-electron chi connectivity index (χ4n) is 3.27. The Kier molecular flexibility index (Phi) is 10.1. The van der Waals surface area contributed by atoms with Crippen molar-refractivity contribution in [2.75, 3.05) is 0 Å². The Morgan fingerprint density at radius 3 is 2.64 bits per heavy atom. The summed E-state index contributed by atoms with van der Waals surface area (Å²) in [5.74, 6) is -0.549. The van der Waals surface area contributed by atoms with E-state index in [4.69, 9.17) is 5.11 Å². The van der Waals surface area contributed by atoms with Gasteiger partial charge >= 0.3 is 5.97 Å². The Labute approximate surface area is 151 Å². The molecule has 140 valence electrons. The number of carboxylic acid groups (broad SMARTS) is 1. The van der Waals surface area contributed by atoms with Gasteiger partial charge in [-0.25, -0.2) is 0 Å². The van der Waals surface area contributed by atoms with Crippen molar-refractivity contribution >= 4 is 11.8 Å².